The molecule has 1 fully saturated rings. The minimum Gasteiger partial charge on any atom is -0.469 e. The quantitative estimate of drug-likeness (QED) is 0.222. The van der Waals surface area contributed by atoms with Gasteiger partial charge >= 0.3 is 23.9 Å². The Morgan fingerprint density at radius 1 is 0.824 bits per heavy atom. The smallest absolute Gasteiger partial charge is 0.305 e. The highest BCUT2D eigenvalue weighted by Crippen LogP contribution is 2.28. The van der Waals surface area contributed by atoms with E-state index in [4.69, 9.17) is 23.7 Å². The van der Waals surface area contributed by atoms with Crippen molar-refractivity contribution in [2.24, 2.45) is 0 Å². The molecule has 1 aliphatic rings. The van der Waals surface area contributed by atoms with Gasteiger partial charge in [0.25, 0.3) is 0 Å². The third-order valence-corrected chi connectivity index (χ3v) is 4.86. The highest BCUT2D eigenvalue weighted by Gasteiger charge is 2.51. The van der Waals surface area contributed by atoms with Gasteiger partial charge in [-0.2, -0.15) is 0 Å². The standard InChI is InChI=1S/C22H35NO11/c1-13(24)23-19-21(33-16(4)27)20(32-15(3)26)17(12-31-14(2)25)34-22(19)30-11-9-7-6-8-10-18(28)29-5/h17,19-22H,6-12H2,1-5H3,(H,23,24)/t17?,19?,20-,21?,22+/m0/s1. The van der Waals surface area contributed by atoms with Crippen molar-refractivity contribution in [3.8, 4) is 0 Å². The molecule has 0 bridgehead atoms. The fourth-order valence-electron chi connectivity index (χ4n) is 3.46. The molecule has 1 aliphatic heterocycles. The molecule has 0 radical (unpaired) electrons. The summed E-state index contributed by atoms with van der Waals surface area (Å²) in [5, 5.41) is 2.64. The number of carbonyl (C=O) groups is 5. The van der Waals surface area contributed by atoms with Crippen molar-refractivity contribution in [2.45, 2.75) is 90.4 Å². The summed E-state index contributed by atoms with van der Waals surface area (Å²) >= 11 is 0. The van der Waals surface area contributed by atoms with E-state index in [1.807, 2.05) is 0 Å². The minimum atomic E-state index is -1.16. The van der Waals surface area contributed by atoms with Gasteiger partial charge in [-0.1, -0.05) is 12.8 Å². The monoisotopic (exact) mass is 489 g/mol. The van der Waals surface area contributed by atoms with Crippen molar-refractivity contribution in [3.05, 3.63) is 0 Å². The Morgan fingerprint density at radius 2 is 1.44 bits per heavy atom. The number of hydrogen-bond acceptors (Lipinski definition) is 11. The summed E-state index contributed by atoms with van der Waals surface area (Å²) in [4.78, 5) is 57.9. The van der Waals surface area contributed by atoms with Gasteiger partial charge in [0.15, 0.2) is 18.5 Å². The van der Waals surface area contributed by atoms with Gasteiger partial charge in [-0.15, -0.1) is 0 Å². The second-order valence-corrected chi connectivity index (χ2v) is 7.83. The summed E-state index contributed by atoms with van der Waals surface area (Å²) < 4.78 is 32.1. The number of rotatable bonds is 13. The van der Waals surface area contributed by atoms with Gasteiger partial charge < -0.3 is 33.7 Å². The van der Waals surface area contributed by atoms with Crippen LogP contribution in [0.1, 0.15) is 59.8 Å². The van der Waals surface area contributed by atoms with E-state index in [9.17, 15) is 24.0 Å². The van der Waals surface area contributed by atoms with Crippen molar-refractivity contribution < 1.29 is 52.4 Å². The normalized spacial score (nSPS) is 24.0. The van der Waals surface area contributed by atoms with E-state index in [1.54, 1.807) is 0 Å². The van der Waals surface area contributed by atoms with Gasteiger partial charge in [0.05, 0.1) is 7.11 Å². The average Bonchev–Trinajstić information content (AvgIpc) is 2.74. The summed E-state index contributed by atoms with van der Waals surface area (Å²) in [7, 11) is 1.34. The maximum Gasteiger partial charge on any atom is 0.305 e. The number of esters is 4. The Bertz CT molecular complexity index is 711. The number of unbranched alkanes of at least 4 members (excludes halogenated alkanes) is 3. The summed E-state index contributed by atoms with van der Waals surface area (Å²) in [6.07, 6.45) is -1.16. The molecule has 1 heterocycles. The molecule has 0 saturated carbocycles. The number of hydrogen-bond donors (Lipinski definition) is 1. The number of methoxy groups -OCH3 is 1. The summed E-state index contributed by atoms with van der Waals surface area (Å²) in [5.74, 6) is -2.63. The Labute approximate surface area is 198 Å². The van der Waals surface area contributed by atoms with E-state index in [2.05, 4.69) is 10.1 Å². The maximum atomic E-state index is 11.9. The third kappa shape index (κ3) is 10.9. The molecule has 1 amide bonds. The van der Waals surface area contributed by atoms with Crippen LogP contribution in [0.4, 0.5) is 0 Å². The average molecular weight is 490 g/mol. The van der Waals surface area contributed by atoms with Gasteiger partial charge in [0.2, 0.25) is 5.91 Å². The Morgan fingerprint density at radius 3 is 2.00 bits per heavy atom. The van der Waals surface area contributed by atoms with Gasteiger partial charge in [-0.3, -0.25) is 24.0 Å². The lowest BCUT2D eigenvalue weighted by Gasteiger charge is -2.44. The first kappa shape index (κ1) is 29.3. The number of amides is 1. The van der Waals surface area contributed by atoms with Crippen LogP contribution in [0.5, 0.6) is 0 Å². The molecule has 0 aromatic rings. The Kier molecular flexibility index (Phi) is 13.1. The minimum absolute atomic E-state index is 0.240. The number of ether oxygens (including phenoxy) is 6. The maximum absolute atomic E-state index is 11.9. The van der Waals surface area contributed by atoms with Gasteiger partial charge in [-0.05, 0) is 12.8 Å². The molecule has 5 atom stereocenters. The zero-order valence-electron chi connectivity index (χ0n) is 20.3. The van der Waals surface area contributed by atoms with Crippen LogP contribution in [0.3, 0.4) is 0 Å². The van der Waals surface area contributed by atoms with E-state index >= 15 is 0 Å². The molecular weight excluding hydrogens is 454 g/mol. The summed E-state index contributed by atoms with van der Waals surface area (Å²) in [5.41, 5.74) is 0. The zero-order chi connectivity index (χ0) is 25.7. The molecule has 1 saturated heterocycles. The van der Waals surface area contributed by atoms with Crippen LogP contribution in [-0.4, -0.2) is 80.8 Å². The lowest BCUT2D eigenvalue weighted by Crippen LogP contribution is -2.66. The molecule has 0 aromatic heterocycles. The molecule has 3 unspecified atom stereocenters. The lowest BCUT2D eigenvalue weighted by atomic mass is 9.96. The molecule has 0 aliphatic carbocycles. The van der Waals surface area contributed by atoms with Crippen molar-refractivity contribution in [3.63, 3.8) is 0 Å². The molecule has 0 spiro atoms. The molecule has 1 N–H and O–H groups in total. The highest BCUT2D eigenvalue weighted by atomic mass is 16.7. The largest absolute Gasteiger partial charge is 0.469 e. The highest BCUT2D eigenvalue weighted by molar-refractivity contribution is 5.73. The van der Waals surface area contributed by atoms with Crippen LogP contribution in [0.25, 0.3) is 0 Å². The molecule has 34 heavy (non-hydrogen) atoms. The second kappa shape index (κ2) is 15.2. The van der Waals surface area contributed by atoms with Crippen molar-refractivity contribution in [2.75, 3.05) is 20.3 Å². The fourth-order valence-corrected chi connectivity index (χ4v) is 3.46. The molecule has 1 rings (SSSR count). The van der Waals surface area contributed by atoms with E-state index in [1.165, 1.54) is 34.8 Å². The number of carbonyl (C=O) groups excluding carboxylic acids is 5. The topological polar surface area (TPSA) is 153 Å². The first-order valence-electron chi connectivity index (χ1n) is 11.1. The molecule has 194 valence electrons. The lowest BCUT2D eigenvalue weighted by molar-refractivity contribution is -0.277. The Hall–Kier alpha value is -2.73. The molecule has 12 heteroatoms. The second-order valence-electron chi connectivity index (χ2n) is 7.83. The van der Waals surface area contributed by atoms with Crippen molar-refractivity contribution in [1.29, 1.82) is 0 Å². The Balaban J connectivity index is 2.94. The summed E-state index contributed by atoms with van der Waals surface area (Å²) in [6.45, 7) is 4.78. The van der Waals surface area contributed by atoms with E-state index in [0.717, 1.165) is 12.8 Å². The SMILES string of the molecule is COC(=O)CCCCCCO[C@@H]1OC(COC(C)=O)[C@H](OC(C)=O)C(OC(C)=O)C1NC(C)=O. The van der Waals surface area contributed by atoms with Crippen molar-refractivity contribution in [1.82, 2.24) is 5.32 Å². The summed E-state index contributed by atoms with van der Waals surface area (Å²) in [6, 6.07) is -0.987. The van der Waals surface area contributed by atoms with Crippen LogP contribution in [0.15, 0.2) is 0 Å². The van der Waals surface area contributed by atoms with Crippen LogP contribution in [0, 0.1) is 0 Å². The zero-order valence-corrected chi connectivity index (χ0v) is 20.3. The predicted molar refractivity (Wildman–Crippen MR) is 115 cm³/mol. The van der Waals surface area contributed by atoms with Crippen LogP contribution >= 0.6 is 0 Å². The first-order chi connectivity index (χ1) is 16.0. The van der Waals surface area contributed by atoms with Crippen LogP contribution in [-0.2, 0) is 52.4 Å². The van der Waals surface area contributed by atoms with Gasteiger partial charge in [0.1, 0.15) is 18.8 Å². The molecular formula is C22H35NO11. The third-order valence-electron chi connectivity index (χ3n) is 4.86. The molecule has 12 nitrogen and oxygen atoms in total. The van der Waals surface area contributed by atoms with Gasteiger partial charge in [-0.25, -0.2) is 0 Å². The number of nitrogens with one attached hydrogen (secondary N) is 1. The van der Waals surface area contributed by atoms with Gasteiger partial charge in [0, 0.05) is 40.7 Å². The van der Waals surface area contributed by atoms with E-state index < -0.39 is 54.5 Å². The van der Waals surface area contributed by atoms with Crippen LogP contribution in [0.2, 0.25) is 0 Å². The fraction of sp³-hybridized carbons (Fsp3) is 0.773. The van der Waals surface area contributed by atoms with E-state index in [0.29, 0.717) is 19.3 Å². The predicted octanol–water partition coefficient (Wildman–Crippen LogP) is 0.783. The van der Waals surface area contributed by atoms with Crippen molar-refractivity contribution >= 4 is 29.8 Å². The first-order valence-corrected chi connectivity index (χ1v) is 11.1. The van der Waals surface area contributed by atoms with E-state index in [-0.39, 0.29) is 19.2 Å². The van der Waals surface area contributed by atoms with Crippen LogP contribution < -0.4 is 5.32 Å². The molecule has 0 aromatic carbocycles.